The van der Waals surface area contributed by atoms with Gasteiger partial charge in [0.05, 0.1) is 11.1 Å². The summed E-state index contributed by atoms with van der Waals surface area (Å²) in [5.74, 6) is 0.0845. The van der Waals surface area contributed by atoms with E-state index in [1.807, 2.05) is 60.7 Å². The quantitative estimate of drug-likeness (QED) is 0.234. The average molecular weight is 529 g/mol. The molecule has 0 fully saturated rings. The van der Waals surface area contributed by atoms with E-state index in [9.17, 15) is 9.90 Å². The first-order valence-electron chi connectivity index (χ1n) is 11.6. The fraction of sp³-hybridized carbons (Fsp3) is 0.0667. The lowest BCUT2D eigenvalue weighted by Crippen LogP contribution is -2.33. The SMILES string of the molecule is O=C(COc1ccc(-c2ccccc2)cc1)NC(c1ccccc1Cl)c1cc(Cl)c2cccnc2c1O. The number of fused-ring (bicyclic) bond motifs is 1. The lowest BCUT2D eigenvalue weighted by atomic mass is 9.96. The molecular formula is C30H22Cl2N2O3. The standard InChI is InChI=1S/C30H22Cl2N2O3/c31-25-11-5-4-9-22(25)28(24-17-26(32)23-10-6-16-33-29(23)30(24)36)34-27(35)18-37-21-14-12-20(13-15-21)19-7-2-1-3-8-19/h1-17,28,36H,18H2,(H,34,35). The molecule has 5 rings (SSSR count). The Morgan fingerprint density at radius 1 is 0.838 bits per heavy atom. The third-order valence-corrected chi connectivity index (χ3v) is 6.67. The second-order valence-electron chi connectivity index (χ2n) is 8.40. The largest absolute Gasteiger partial charge is 0.505 e. The van der Waals surface area contributed by atoms with Crippen molar-refractivity contribution >= 4 is 40.0 Å². The van der Waals surface area contributed by atoms with Crippen LogP contribution >= 0.6 is 23.2 Å². The van der Waals surface area contributed by atoms with E-state index < -0.39 is 11.9 Å². The van der Waals surface area contributed by atoms with E-state index in [0.717, 1.165) is 11.1 Å². The molecule has 0 radical (unpaired) electrons. The molecule has 37 heavy (non-hydrogen) atoms. The monoisotopic (exact) mass is 528 g/mol. The Balaban J connectivity index is 1.38. The van der Waals surface area contributed by atoms with Crippen LogP contribution in [-0.4, -0.2) is 22.6 Å². The van der Waals surface area contributed by atoms with Gasteiger partial charge in [0.25, 0.3) is 5.91 Å². The van der Waals surface area contributed by atoms with Crippen molar-refractivity contribution in [3.63, 3.8) is 0 Å². The van der Waals surface area contributed by atoms with Crippen LogP contribution in [0.1, 0.15) is 17.2 Å². The van der Waals surface area contributed by atoms with Crippen LogP contribution in [-0.2, 0) is 4.79 Å². The lowest BCUT2D eigenvalue weighted by Gasteiger charge is -2.23. The number of aromatic hydroxyl groups is 1. The Morgan fingerprint density at radius 2 is 1.54 bits per heavy atom. The molecule has 0 aliphatic carbocycles. The predicted octanol–water partition coefficient (Wildman–Crippen LogP) is 7.20. The number of rotatable bonds is 7. The zero-order valence-electron chi connectivity index (χ0n) is 19.6. The van der Waals surface area contributed by atoms with Gasteiger partial charge in [-0.3, -0.25) is 9.78 Å². The molecule has 0 saturated heterocycles. The van der Waals surface area contributed by atoms with Crippen molar-refractivity contribution in [1.29, 1.82) is 0 Å². The van der Waals surface area contributed by atoms with Crippen LogP contribution in [0.3, 0.4) is 0 Å². The maximum Gasteiger partial charge on any atom is 0.258 e. The first-order valence-corrected chi connectivity index (χ1v) is 12.3. The molecule has 0 spiro atoms. The first-order chi connectivity index (χ1) is 18.0. The van der Waals surface area contributed by atoms with Crippen molar-refractivity contribution < 1.29 is 14.6 Å². The van der Waals surface area contributed by atoms with E-state index in [1.54, 1.807) is 42.6 Å². The lowest BCUT2D eigenvalue weighted by molar-refractivity contribution is -0.123. The molecule has 4 aromatic carbocycles. The summed E-state index contributed by atoms with van der Waals surface area (Å²) in [5.41, 5.74) is 3.47. The minimum absolute atomic E-state index is 0.0809. The number of aromatic nitrogens is 1. The summed E-state index contributed by atoms with van der Waals surface area (Å²) in [6.07, 6.45) is 1.57. The third kappa shape index (κ3) is 5.38. The molecule has 1 aromatic heterocycles. The number of carbonyl (C=O) groups is 1. The number of nitrogens with one attached hydrogen (secondary N) is 1. The highest BCUT2D eigenvalue weighted by atomic mass is 35.5. The molecule has 184 valence electrons. The number of amides is 1. The van der Waals surface area contributed by atoms with Crippen LogP contribution < -0.4 is 10.1 Å². The molecule has 0 aliphatic heterocycles. The van der Waals surface area contributed by atoms with Gasteiger partial charge in [0.1, 0.15) is 17.0 Å². The number of nitrogens with zero attached hydrogens (tertiary/aromatic N) is 1. The van der Waals surface area contributed by atoms with Gasteiger partial charge in [0.2, 0.25) is 0 Å². The van der Waals surface area contributed by atoms with Crippen molar-refractivity contribution in [1.82, 2.24) is 10.3 Å². The predicted molar refractivity (Wildman–Crippen MR) is 147 cm³/mol. The average Bonchev–Trinajstić information content (AvgIpc) is 2.94. The molecule has 2 N–H and O–H groups in total. The van der Waals surface area contributed by atoms with Gasteiger partial charge in [-0.25, -0.2) is 0 Å². The first kappa shape index (κ1) is 24.6. The van der Waals surface area contributed by atoms with Gasteiger partial charge in [0, 0.05) is 22.2 Å². The van der Waals surface area contributed by atoms with E-state index in [2.05, 4.69) is 10.3 Å². The molecule has 5 aromatic rings. The maximum absolute atomic E-state index is 13.0. The topological polar surface area (TPSA) is 71.5 Å². The van der Waals surface area contributed by atoms with Crippen molar-refractivity contribution in [2.45, 2.75) is 6.04 Å². The van der Waals surface area contributed by atoms with E-state index in [-0.39, 0.29) is 12.4 Å². The van der Waals surface area contributed by atoms with Crippen molar-refractivity contribution in [2.24, 2.45) is 0 Å². The van der Waals surface area contributed by atoms with Gasteiger partial charge in [-0.05, 0) is 53.1 Å². The van der Waals surface area contributed by atoms with Crippen LogP contribution in [0.25, 0.3) is 22.0 Å². The van der Waals surface area contributed by atoms with Crippen LogP contribution in [0, 0.1) is 0 Å². The summed E-state index contributed by atoms with van der Waals surface area (Å²) >= 11 is 13.0. The van der Waals surface area contributed by atoms with Gasteiger partial charge in [-0.2, -0.15) is 0 Å². The Bertz CT molecular complexity index is 1560. The number of pyridine rings is 1. The van der Waals surface area contributed by atoms with Gasteiger partial charge in [0.15, 0.2) is 6.61 Å². The minimum atomic E-state index is -0.783. The summed E-state index contributed by atoms with van der Waals surface area (Å²) in [6, 6.07) is 29.0. The molecule has 1 unspecified atom stereocenters. The normalized spacial score (nSPS) is 11.7. The minimum Gasteiger partial charge on any atom is -0.505 e. The Labute approximate surface area is 224 Å². The zero-order valence-corrected chi connectivity index (χ0v) is 21.1. The fourth-order valence-electron chi connectivity index (χ4n) is 4.18. The summed E-state index contributed by atoms with van der Waals surface area (Å²) in [4.78, 5) is 17.3. The number of benzene rings is 4. The van der Waals surface area contributed by atoms with Gasteiger partial charge < -0.3 is 15.2 Å². The van der Waals surface area contributed by atoms with Crippen LogP contribution in [0.5, 0.6) is 11.5 Å². The molecule has 0 bridgehead atoms. The smallest absolute Gasteiger partial charge is 0.258 e. The number of ether oxygens (including phenoxy) is 1. The van der Waals surface area contributed by atoms with Gasteiger partial charge in [-0.15, -0.1) is 0 Å². The summed E-state index contributed by atoms with van der Waals surface area (Å²) in [7, 11) is 0. The zero-order chi connectivity index (χ0) is 25.8. The Hall–Kier alpha value is -4.06. The second-order valence-corrected chi connectivity index (χ2v) is 9.21. The van der Waals surface area contributed by atoms with Gasteiger partial charge >= 0.3 is 0 Å². The van der Waals surface area contributed by atoms with E-state index in [0.29, 0.717) is 37.8 Å². The highest BCUT2D eigenvalue weighted by Gasteiger charge is 2.25. The maximum atomic E-state index is 13.0. The van der Waals surface area contributed by atoms with Crippen LogP contribution in [0.2, 0.25) is 10.0 Å². The van der Waals surface area contributed by atoms with E-state index in [4.69, 9.17) is 27.9 Å². The highest BCUT2D eigenvalue weighted by molar-refractivity contribution is 6.35. The van der Waals surface area contributed by atoms with E-state index >= 15 is 0 Å². The Kier molecular flexibility index (Phi) is 7.26. The van der Waals surface area contributed by atoms with Crippen molar-refractivity contribution in [3.8, 4) is 22.6 Å². The molecule has 1 heterocycles. The van der Waals surface area contributed by atoms with Crippen LogP contribution in [0.4, 0.5) is 0 Å². The molecule has 0 aliphatic rings. The molecule has 1 atom stereocenters. The van der Waals surface area contributed by atoms with Gasteiger partial charge in [-0.1, -0.05) is 83.9 Å². The molecule has 5 nitrogen and oxygen atoms in total. The number of halogens is 2. The number of phenolic OH excluding ortho intramolecular Hbond substituents is 1. The van der Waals surface area contributed by atoms with Crippen molar-refractivity contribution in [3.05, 3.63) is 124 Å². The summed E-state index contributed by atoms with van der Waals surface area (Å²) in [5, 5.41) is 15.5. The number of hydrogen-bond acceptors (Lipinski definition) is 4. The second kappa shape index (κ2) is 10.9. The molecule has 7 heteroatoms. The third-order valence-electron chi connectivity index (χ3n) is 6.01. The summed E-state index contributed by atoms with van der Waals surface area (Å²) < 4.78 is 5.74. The summed E-state index contributed by atoms with van der Waals surface area (Å²) in [6.45, 7) is -0.230. The fourth-order valence-corrected chi connectivity index (χ4v) is 4.70. The highest BCUT2D eigenvalue weighted by Crippen LogP contribution is 2.39. The van der Waals surface area contributed by atoms with Crippen molar-refractivity contribution in [2.75, 3.05) is 6.61 Å². The van der Waals surface area contributed by atoms with Crippen LogP contribution in [0.15, 0.2) is 103 Å². The molecular weight excluding hydrogens is 507 g/mol. The number of phenols is 1. The molecule has 1 amide bonds. The Morgan fingerprint density at radius 3 is 2.30 bits per heavy atom. The van der Waals surface area contributed by atoms with E-state index in [1.165, 1.54) is 0 Å². The number of carbonyl (C=O) groups excluding carboxylic acids is 1. The number of hydrogen-bond donors (Lipinski definition) is 2. The molecule has 0 saturated carbocycles.